The average Bonchev–Trinajstić information content (AvgIpc) is 2.55. The minimum absolute atomic E-state index is 0.107. The van der Waals surface area contributed by atoms with Gasteiger partial charge in [0.1, 0.15) is 12.0 Å². The lowest BCUT2D eigenvalue weighted by Gasteiger charge is -2.25. The molecule has 1 amide bonds. The molecule has 3 rings (SSSR count). The van der Waals surface area contributed by atoms with Gasteiger partial charge in [0, 0.05) is 14.1 Å². The van der Waals surface area contributed by atoms with Crippen molar-refractivity contribution in [2.75, 3.05) is 30.9 Å². The highest BCUT2D eigenvalue weighted by Crippen LogP contribution is 2.30. The Labute approximate surface area is 135 Å². The molecule has 2 heterocycles. The van der Waals surface area contributed by atoms with Crippen molar-refractivity contribution in [1.82, 2.24) is 9.97 Å². The normalized spacial score (nSPS) is 16.5. The Kier molecular flexibility index (Phi) is 4.52. The Balaban J connectivity index is 1.72. The highest BCUT2D eigenvalue weighted by molar-refractivity contribution is 5.93. The summed E-state index contributed by atoms with van der Waals surface area (Å²) in [7, 11) is 3.75. The van der Waals surface area contributed by atoms with E-state index in [0.29, 0.717) is 18.1 Å². The first-order valence-corrected chi connectivity index (χ1v) is 7.61. The quantitative estimate of drug-likeness (QED) is 0.937. The van der Waals surface area contributed by atoms with Gasteiger partial charge in [-0.05, 0) is 17.5 Å². The first kappa shape index (κ1) is 15.4. The summed E-state index contributed by atoms with van der Waals surface area (Å²) in [6.07, 6.45) is 4.04. The number of hydrogen-bond donors (Lipinski definition) is 1. The van der Waals surface area contributed by atoms with E-state index in [1.165, 1.54) is 11.9 Å². The predicted octanol–water partition coefficient (Wildman–Crippen LogP) is 2.19. The molecule has 6 nitrogen and oxygen atoms in total. The number of nitrogens with one attached hydrogen (secondary N) is 1. The summed E-state index contributed by atoms with van der Waals surface area (Å²) in [5.41, 5.74) is 2.96. The summed E-state index contributed by atoms with van der Waals surface area (Å²) in [4.78, 5) is 22.4. The number of nitrogens with zero attached hydrogens (tertiary/aromatic N) is 3. The molecule has 0 aliphatic carbocycles. The van der Waals surface area contributed by atoms with Crippen LogP contribution in [0.1, 0.15) is 23.7 Å². The number of carbonyl (C=O) groups excluding carboxylic acids is 1. The molecular weight excluding hydrogens is 292 g/mol. The Hall–Kier alpha value is -2.47. The van der Waals surface area contributed by atoms with Crippen molar-refractivity contribution in [2.45, 2.75) is 18.9 Å². The molecule has 23 heavy (non-hydrogen) atoms. The molecule has 1 aromatic heterocycles. The molecular formula is C17H20N4O2. The van der Waals surface area contributed by atoms with E-state index in [0.717, 1.165) is 12.0 Å². The number of benzene rings is 1. The van der Waals surface area contributed by atoms with Gasteiger partial charge >= 0.3 is 0 Å². The second-order valence-electron chi connectivity index (χ2n) is 5.71. The molecule has 1 atom stereocenters. The minimum atomic E-state index is -0.201. The van der Waals surface area contributed by atoms with Crippen LogP contribution in [-0.2, 0) is 16.0 Å². The van der Waals surface area contributed by atoms with Gasteiger partial charge in [-0.1, -0.05) is 24.3 Å². The van der Waals surface area contributed by atoms with Crippen LogP contribution in [0, 0.1) is 0 Å². The molecule has 1 aromatic carbocycles. The number of ether oxygens (including phenoxy) is 1. The van der Waals surface area contributed by atoms with Crippen molar-refractivity contribution in [3.8, 4) is 0 Å². The van der Waals surface area contributed by atoms with Crippen LogP contribution in [0.5, 0.6) is 0 Å². The number of amides is 1. The van der Waals surface area contributed by atoms with Crippen LogP contribution in [-0.4, -0.2) is 36.6 Å². The summed E-state index contributed by atoms with van der Waals surface area (Å²) < 4.78 is 5.79. The predicted molar refractivity (Wildman–Crippen MR) is 88.4 cm³/mol. The van der Waals surface area contributed by atoms with Crippen LogP contribution in [0.2, 0.25) is 0 Å². The standard InChI is InChI=1S/C17H20N4O2/c1-21(2)17-14(10-18-11-19-17)20-16(22)9-15-13-6-4-3-5-12(13)7-8-23-15/h3-6,10-11,15H,7-9H2,1-2H3,(H,20,22)/t15-/m1/s1. The van der Waals surface area contributed by atoms with Crippen molar-refractivity contribution >= 4 is 17.4 Å². The molecule has 120 valence electrons. The van der Waals surface area contributed by atoms with Gasteiger partial charge in [-0.3, -0.25) is 4.79 Å². The molecule has 0 fully saturated rings. The van der Waals surface area contributed by atoms with Crippen LogP contribution in [0.4, 0.5) is 11.5 Å². The summed E-state index contributed by atoms with van der Waals surface area (Å²) in [6.45, 7) is 0.645. The molecule has 6 heteroatoms. The van der Waals surface area contributed by atoms with E-state index in [1.807, 2.05) is 37.2 Å². The van der Waals surface area contributed by atoms with E-state index in [1.54, 1.807) is 6.20 Å². The first-order chi connectivity index (χ1) is 11.1. The molecule has 0 spiro atoms. The highest BCUT2D eigenvalue weighted by atomic mass is 16.5. The van der Waals surface area contributed by atoms with E-state index in [2.05, 4.69) is 21.4 Å². The first-order valence-electron chi connectivity index (χ1n) is 7.61. The summed E-state index contributed by atoms with van der Waals surface area (Å²) >= 11 is 0. The number of carbonyl (C=O) groups is 1. The van der Waals surface area contributed by atoms with Gasteiger partial charge in [0.2, 0.25) is 5.91 Å². The van der Waals surface area contributed by atoms with E-state index < -0.39 is 0 Å². The molecule has 0 saturated carbocycles. The number of fused-ring (bicyclic) bond motifs is 1. The molecule has 2 aromatic rings. The second-order valence-corrected chi connectivity index (χ2v) is 5.71. The number of rotatable bonds is 4. The number of hydrogen-bond acceptors (Lipinski definition) is 5. The maximum Gasteiger partial charge on any atom is 0.227 e. The van der Waals surface area contributed by atoms with Crippen LogP contribution < -0.4 is 10.2 Å². The summed E-state index contributed by atoms with van der Waals surface area (Å²) in [5, 5.41) is 2.88. The van der Waals surface area contributed by atoms with E-state index in [-0.39, 0.29) is 18.4 Å². The largest absolute Gasteiger partial charge is 0.373 e. The van der Waals surface area contributed by atoms with Crippen LogP contribution in [0.15, 0.2) is 36.8 Å². The van der Waals surface area contributed by atoms with Crippen molar-refractivity contribution in [1.29, 1.82) is 0 Å². The monoisotopic (exact) mass is 312 g/mol. The zero-order valence-corrected chi connectivity index (χ0v) is 13.3. The smallest absolute Gasteiger partial charge is 0.227 e. The summed E-state index contributed by atoms with van der Waals surface area (Å²) in [5.74, 6) is 0.572. The second kappa shape index (κ2) is 6.75. The van der Waals surface area contributed by atoms with Crippen LogP contribution in [0.25, 0.3) is 0 Å². The van der Waals surface area contributed by atoms with E-state index in [9.17, 15) is 4.79 Å². The van der Waals surface area contributed by atoms with Gasteiger partial charge in [0.25, 0.3) is 0 Å². The molecule has 0 saturated heterocycles. The Morgan fingerprint density at radius 3 is 3.04 bits per heavy atom. The van der Waals surface area contributed by atoms with E-state index in [4.69, 9.17) is 4.74 Å². The molecule has 0 unspecified atom stereocenters. The Morgan fingerprint density at radius 2 is 2.22 bits per heavy atom. The maximum absolute atomic E-state index is 12.4. The SMILES string of the molecule is CN(C)c1ncncc1NC(=O)C[C@H]1OCCc2ccccc21. The third-order valence-electron chi connectivity index (χ3n) is 3.85. The van der Waals surface area contributed by atoms with Gasteiger partial charge in [-0.2, -0.15) is 0 Å². The highest BCUT2D eigenvalue weighted by Gasteiger charge is 2.23. The maximum atomic E-state index is 12.4. The van der Waals surface area contributed by atoms with Crippen molar-refractivity contribution < 1.29 is 9.53 Å². The number of aromatic nitrogens is 2. The van der Waals surface area contributed by atoms with Gasteiger partial charge < -0.3 is 15.0 Å². The van der Waals surface area contributed by atoms with Crippen molar-refractivity contribution in [3.63, 3.8) is 0 Å². The molecule has 1 aliphatic heterocycles. The minimum Gasteiger partial charge on any atom is -0.373 e. The molecule has 0 bridgehead atoms. The van der Waals surface area contributed by atoms with Crippen molar-refractivity contribution in [3.05, 3.63) is 47.9 Å². The fourth-order valence-electron chi connectivity index (χ4n) is 2.78. The lowest BCUT2D eigenvalue weighted by molar-refractivity contribution is -0.119. The van der Waals surface area contributed by atoms with Crippen LogP contribution >= 0.6 is 0 Å². The van der Waals surface area contributed by atoms with Gasteiger partial charge in [-0.15, -0.1) is 0 Å². The fourth-order valence-corrected chi connectivity index (χ4v) is 2.78. The fraction of sp³-hybridized carbons (Fsp3) is 0.353. The Morgan fingerprint density at radius 1 is 1.39 bits per heavy atom. The van der Waals surface area contributed by atoms with Gasteiger partial charge in [-0.25, -0.2) is 9.97 Å². The van der Waals surface area contributed by atoms with E-state index >= 15 is 0 Å². The number of anilines is 2. The van der Waals surface area contributed by atoms with Gasteiger partial charge in [0.05, 0.1) is 25.3 Å². The lowest BCUT2D eigenvalue weighted by atomic mass is 9.95. The zero-order chi connectivity index (χ0) is 16.2. The third kappa shape index (κ3) is 3.48. The topological polar surface area (TPSA) is 67.4 Å². The average molecular weight is 312 g/mol. The third-order valence-corrected chi connectivity index (χ3v) is 3.85. The van der Waals surface area contributed by atoms with Crippen molar-refractivity contribution in [2.24, 2.45) is 0 Å². The summed E-state index contributed by atoms with van der Waals surface area (Å²) in [6, 6.07) is 8.13. The van der Waals surface area contributed by atoms with Crippen LogP contribution in [0.3, 0.4) is 0 Å². The lowest BCUT2D eigenvalue weighted by Crippen LogP contribution is -2.23. The zero-order valence-electron chi connectivity index (χ0n) is 13.3. The molecule has 1 aliphatic rings. The molecule has 0 radical (unpaired) electrons. The Bertz CT molecular complexity index is 702. The molecule has 1 N–H and O–H groups in total. The van der Waals surface area contributed by atoms with Gasteiger partial charge in [0.15, 0.2) is 5.82 Å².